The van der Waals surface area contributed by atoms with Crippen LogP contribution in [0.15, 0.2) is 18.2 Å². The third-order valence-electron chi connectivity index (χ3n) is 3.55. The number of nitrogens with one attached hydrogen (secondary N) is 1. The van der Waals surface area contributed by atoms with Gasteiger partial charge in [0.1, 0.15) is 11.5 Å². The molecule has 1 heterocycles. The van der Waals surface area contributed by atoms with Gasteiger partial charge in [0, 0.05) is 25.1 Å². The van der Waals surface area contributed by atoms with Gasteiger partial charge in [-0.25, -0.2) is 0 Å². The van der Waals surface area contributed by atoms with Crippen LogP contribution in [0.3, 0.4) is 0 Å². The van der Waals surface area contributed by atoms with Crippen LogP contribution in [0, 0.1) is 0 Å². The van der Waals surface area contributed by atoms with Crippen molar-refractivity contribution < 1.29 is 14.2 Å². The first kappa shape index (κ1) is 15.1. The van der Waals surface area contributed by atoms with Crippen LogP contribution in [0.2, 0.25) is 0 Å². The van der Waals surface area contributed by atoms with Crippen LogP contribution in [0.25, 0.3) is 0 Å². The van der Waals surface area contributed by atoms with Crippen LogP contribution in [0.5, 0.6) is 11.5 Å². The number of rotatable bonds is 8. The predicted molar refractivity (Wildman–Crippen MR) is 79.5 cm³/mol. The summed E-state index contributed by atoms with van der Waals surface area (Å²) < 4.78 is 16.8. The Morgan fingerprint density at radius 3 is 3.00 bits per heavy atom. The zero-order valence-electron chi connectivity index (χ0n) is 12.5. The Kier molecular flexibility index (Phi) is 6.15. The molecule has 20 heavy (non-hydrogen) atoms. The lowest BCUT2D eigenvalue weighted by Gasteiger charge is -2.15. The van der Waals surface area contributed by atoms with Crippen molar-refractivity contribution >= 4 is 0 Å². The molecule has 1 aromatic carbocycles. The zero-order valence-corrected chi connectivity index (χ0v) is 12.5. The monoisotopic (exact) mass is 279 g/mol. The Morgan fingerprint density at radius 2 is 2.30 bits per heavy atom. The van der Waals surface area contributed by atoms with Crippen molar-refractivity contribution in [1.82, 2.24) is 5.32 Å². The molecule has 1 unspecified atom stereocenters. The number of hydrogen-bond acceptors (Lipinski definition) is 4. The largest absolute Gasteiger partial charge is 0.497 e. The third-order valence-corrected chi connectivity index (χ3v) is 3.55. The topological polar surface area (TPSA) is 39.7 Å². The average Bonchev–Trinajstić information content (AvgIpc) is 2.99. The van der Waals surface area contributed by atoms with Gasteiger partial charge >= 0.3 is 0 Å². The lowest BCUT2D eigenvalue weighted by atomic mass is 10.1. The van der Waals surface area contributed by atoms with Gasteiger partial charge in [0.25, 0.3) is 0 Å². The van der Waals surface area contributed by atoms with Crippen LogP contribution in [0.4, 0.5) is 0 Å². The highest BCUT2D eigenvalue weighted by molar-refractivity contribution is 5.40. The molecule has 4 nitrogen and oxygen atoms in total. The Balaban J connectivity index is 1.90. The van der Waals surface area contributed by atoms with Crippen LogP contribution < -0.4 is 14.8 Å². The highest BCUT2D eigenvalue weighted by Crippen LogP contribution is 2.25. The van der Waals surface area contributed by atoms with Gasteiger partial charge in [0.2, 0.25) is 0 Å². The van der Waals surface area contributed by atoms with E-state index < -0.39 is 0 Å². The Bertz CT molecular complexity index is 403. The molecular formula is C16H25NO3. The number of benzene rings is 1. The summed E-state index contributed by atoms with van der Waals surface area (Å²) in [4.78, 5) is 0. The van der Waals surface area contributed by atoms with E-state index >= 15 is 0 Å². The van der Waals surface area contributed by atoms with E-state index in [-0.39, 0.29) is 0 Å². The van der Waals surface area contributed by atoms with Gasteiger partial charge < -0.3 is 19.5 Å². The molecule has 1 saturated heterocycles. The molecule has 1 fully saturated rings. The number of ether oxygens (including phenoxy) is 3. The average molecular weight is 279 g/mol. The molecule has 0 amide bonds. The molecule has 0 spiro atoms. The fraction of sp³-hybridized carbons (Fsp3) is 0.625. The highest BCUT2D eigenvalue weighted by Gasteiger charge is 2.15. The van der Waals surface area contributed by atoms with Gasteiger partial charge in [-0.3, -0.25) is 0 Å². The summed E-state index contributed by atoms with van der Waals surface area (Å²) in [5.41, 5.74) is 1.14. The first-order valence-electron chi connectivity index (χ1n) is 7.45. The van der Waals surface area contributed by atoms with Gasteiger partial charge in [-0.05, 0) is 37.6 Å². The van der Waals surface area contributed by atoms with Gasteiger partial charge in [0.05, 0.1) is 19.8 Å². The maximum absolute atomic E-state index is 5.92. The van der Waals surface area contributed by atoms with Crippen molar-refractivity contribution in [2.45, 2.75) is 38.8 Å². The molecular weight excluding hydrogens is 254 g/mol. The van der Waals surface area contributed by atoms with E-state index in [1.807, 2.05) is 18.2 Å². The zero-order chi connectivity index (χ0) is 14.2. The highest BCUT2D eigenvalue weighted by atomic mass is 16.5. The molecule has 0 aromatic heterocycles. The van der Waals surface area contributed by atoms with E-state index in [0.29, 0.717) is 12.7 Å². The molecule has 1 aliphatic rings. The van der Waals surface area contributed by atoms with Crippen molar-refractivity contribution in [2.75, 3.05) is 26.9 Å². The second kappa shape index (κ2) is 8.12. The lowest BCUT2D eigenvalue weighted by molar-refractivity contribution is 0.0902. The molecule has 1 aromatic rings. The van der Waals surface area contributed by atoms with Gasteiger partial charge in [-0.2, -0.15) is 0 Å². The molecule has 1 atom stereocenters. The van der Waals surface area contributed by atoms with E-state index in [1.165, 1.54) is 6.42 Å². The first-order chi connectivity index (χ1) is 9.83. The molecule has 0 bridgehead atoms. The molecule has 1 aliphatic heterocycles. The minimum Gasteiger partial charge on any atom is -0.497 e. The maximum Gasteiger partial charge on any atom is 0.124 e. The first-order valence-corrected chi connectivity index (χ1v) is 7.45. The fourth-order valence-electron chi connectivity index (χ4n) is 2.39. The number of methoxy groups -OCH3 is 1. The van der Waals surface area contributed by atoms with E-state index in [4.69, 9.17) is 14.2 Å². The van der Waals surface area contributed by atoms with Crippen molar-refractivity contribution in [3.8, 4) is 11.5 Å². The maximum atomic E-state index is 5.92. The Hall–Kier alpha value is -1.26. The van der Waals surface area contributed by atoms with Crippen LogP contribution in [-0.2, 0) is 11.3 Å². The second-order valence-corrected chi connectivity index (χ2v) is 5.03. The molecule has 112 valence electrons. The molecule has 0 radical (unpaired) electrons. The summed E-state index contributed by atoms with van der Waals surface area (Å²) in [7, 11) is 1.68. The molecule has 0 saturated carbocycles. The SMILES string of the molecule is CCNCc1cc(OC)ccc1OCCC1CCCO1. The predicted octanol–water partition coefficient (Wildman–Crippen LogP) is 2.75. The van der Waals surface area contributed by atoms with Gasteiger partial charge in [-0.15, -0.1) is 0 Å². The van der Waals surface area contributed by atoms with Crippen molar-refractivity contribution in [1.29, 1.82) is 0 Å². The fourth-order valence-corrected chi connectivity index (χ4v) is 2.39. The standard InChI is InChI=1S/C16H25NO3/c1-3-17-12-13-11-15(18-2)6-7-16(13)20-10-8-14-5-4-9-19-14/h6-7,11,14,17H,3-5,8-10,12H2,1-2H3. The van der Waals surface area contributed by atoms with Crippen molar-refractivity contribution in [3.63, 3.8) is 0 Å². The van der Waals surface area contributed by atoms with Crippen molar-refractivity contribution in [2.24, 2.45) is 0 Å². The van der Waals surface area contributed by atoms with Crippen LogP contribution >= 0.6 is 0 Å². The van der Waals surface area contributed by atoms with E-state index in [2.05, 4.69) is 12.2 Å². The molecule has 1 N–H and O–H groups in total. The summed E-state index contributed by atoms with van der Waals surface area (Å²) in [6.07, 6.45) is 3.69. The van der Waals surface area contributed by atoms with E-state index in [9.17, 15) is 0 Å². The smallest absolute Gasteiger partial charge is 0.124 e. The molecule has 4 heteroatoms. The summed E-state index contributed by atoms with van der Waals surface area (Å²) >= 11 is 0. The van der Waals surface area contributed by atoms with Gasteiger partial charge in [-0.1, -0.05) is 6.92 Å². The Labute approximate surface area is 121 Å². The third kappa shape index (κ3) is 4.39. The summed E-state index contributed by atoms with van der Waals surface area (Å²) in [5.74, 6) is 1.80. The van der Waals surface area contributed by atoms with Crippen LogP contribution in [-0.4, -0.2) is 33.0 Å². The van der Waals surface area contributed by atoms with Gasteiger partial charge in [0.15, 0.2) is 0 Å². The summed E-state index contributed by atoms with van der Waals surface area (Å²) in [6, 6.07) is 5.96. The van der Waals surface area contributed by atoms with Crippen LogP contribution in [0.1, 0.15) is 31.7 Å². The molecule has 2 rings (SSSR count). The lowest BCUT2D eigenvalue weighted by Crippen LogP contribution is -2.14. The summed E-state index contributed by atoms with van der Waals surface area (Å²) in [5, 5.41) is 3.33. The van der Waals surface area contributed by atoms with Crippen molar-refractivity contribution in [3.05, 3.63) is 23.8 Å². The number of hydrogen-bond donors (Lipinski definition) is 1. The second-order valence-electron chi connectivity index (χ2n) is 5.03. The minimum absolute atomic E-state index is 0.380. The molecule has 0 aliphatic carbocycles. The van der Waals surface area contributed by atoms with E-state index in [0.717, 1.165) is 49.6 Å². The summed E-state index contributed by atoms with van der Waals surface area (Å²) in [6.45, 7) is 5.43. The normalized spacial score (nSPS) is 18.2. The quantitative estimate of drug-likeness (QED) is 0.794. The van der Waals surface area contributed by atoms with E-state index in [1.54, 1.807) is 7.11 Å². The Morgan fingerprint density at radius 1 is 1.40 bits per heavy atom. The minimum atomic E-state index is 0.380.